The van der Waals surface area contributed by atoms with Gasteiger partial charge in [-0.3, -0.25) is 0 Å². The molecule has 0 aliphatic rings. The van der Waals surface area contributed by atoms with Crippen LogP contribution < -0.4 is 0 Å². The van der Waals surface area contributed by atoms with E-state index in [1.54, 1.807) is 0 Å². The van der Waals surface area contributed by atoms with Crippen LogP contribution in [0.2, 0.25) is 0 Å². The molecule has 0 heterocycles. The largest absolute Gasteiger partial charge is 0.0616 e. The van der Waals surface area contributed by atoms with E-state index in [1.165, 1.54) is 21.5 Å². The maximum absolute atomic E-state index is 2.42. The van der Waals surface area contributed by atoms with Gasteiger partial charge in [-0.05, 0) is 84.6 Å². The van der Waals surface area contributed by atoms with Gasteiger partial charge in [0.15, 0.2) is 0 Å². The zero-order valence-corrected chi connectivity index (χ0v) is 13.0. The molecule has 0 fully saturated rings. The van der Waals surface area contributed by atoms with Crippen molar-refractivity contribution in [2.24, 2.45) is 0 Å². The van der Waals surface area contributed by atoms with Crippen molar-refractivity contribution >= 4 is 78.5 Å². The molecular weight excluding hydrogens is 501 g/mol. The summed E-state index contributed by atoms with van der Waals surface area (Å²) < 4.78 is 4.06. The predicted octanol–water partition coefficient (Wildman–Crippen LogP) is 4.65. The van der Waals surface area contributed by atoms with Crippen LogP contribution in [0.1, 0.15) is 0 Å². The van der Waals surface area contributed by atoms with Crippen LogP contribution in [0.25, 0.3) is 10.8 Å². The van der Waals surface area contributed by atoms with Gasteiger partial charge in [0.2, 0.25) is 0 Å². The molecule has 0 saturated carbocycles. The fourth-order valence-corrected chi connectivity index (χ4v) is 3.59. The zero-order chi connectivity index (χ0) is 9.42. The number of benzene rings is 2. The van der Waals surface area contributed by atoms with Crippen molar-refractivity contribution in [3.8, 4) is 0 Å². The van der Waals surface area contributed by atoms with Crippen molar-refractivity contribution in [2.75, 3.05) is 0 Å². The third-order valence-corrected chi connectivity index (χ3v) is 7.04. The van der Waals surface area contributed by atoms with E-state index in [9.17, 15) is 0 Å². The van der Waals surface area contributed by atoms with Crippen LogP contribution in [-0.4, -0.2) is 0 Å². The van der Waals surface area contributed by atoms with E-state index in [1.807, 2.05) is 0 Å². The Hall–Kier alpha value is 0.890. The first-order valence-corrected chi connectivity index (χ1v) is 6.96. The van der Waals surface area contributed by atoms with Crippen LogP contribution in [0, 0.1) is 10.7 Å². The van der Waals surface area contributed by atoms with Crippen molar-refractivity contribution in [3.63, 3.8) is 0 Å². The third-order valence-electron chi connectivity index (χ3n) is 1.88. The highest BCUT2D eigenvalue weighted by molar-refractivity contribution is 14.1. The summed E-state index contributed by atoms with van der Waals surface area (Å²) in [5.74, 6) is 0. The summed E-state index contributed by atoms with van der Waals surface area (Å²) in [7, 11) is 0. The molecule has 2 aromatic rings. The van der Waals surface area contributed by atoms with Gasteiger partial charge in [-0.15, -0.1) is 0 Å². The van der Waals surface area contributed by atoms with E-state index >= 15 is 0 Å². The van der Waals surface area contributed by atoms with Gasteiger partial charge in [-0.1, -0.05) is 24.3 Å². The molecule has 13 heavy (non-hydrogen) atoms. The van der Waals surface area contributed by atoms with Crippen molar-refractivity contribution in [2.45, 2.75) is 0 Å². The number of hydrogen-bond donors (Lipinski definition) is 0. The summed E-state index contributed by atoms with van der Waals surface area (Å²) in [6.07, 6.45) is 0. The molecule has 0 nitrogen and oxygen atoms in total. The SMILES string of the molecule is Ic1cc2ccccc2c(I)c1I. The van der Waals surface area contributed by atoms with E-state index in [2.05, 4.69) is 98.1 Å². The normalized spacial score (nSPS) is 10.7. The van der Waals surface area contributed by atoms with Gasteiger partial charge in [0.1, 0.15) is 0 Å². The van der Waals surface area contributed by atoms with E-state index in [0.29, 0.717) is 0 Å². The Bertz CT molecular complexity index is 463. The third kappa shape index (κ3) is 1.97. The number of halogens is 3. The molecule has 0 saturated heterocycles. The molecule has 0 aliphatic carbocycles. The highest BCUT2D eigenvalue weighted by Crippen LogP contribution is 2.29. The van der Waals surface area contributed by atoms with Crippen LogP contribution in [0.5, 0.6) is 0 Å². The van der Waals surface area contributed by atoms with Crippen LogP contribution in [-0.2, 0) is 0 Å². The monoisotopic (exact) mass is 506 g/mol. The van der Waals surface area contributed by atoms with Gasteiger partial charge in [0.25, 0.3) is 0 Å². The molecular formula is C10H5I3. The van der Waals surface area contributed by atoms with Crippen molar-refractivity contribution in [1.82, 2.24) is 0 Å². The average Bonchev–Trinajstić information content (AvgIpc) is 2.15. The Balaban J connectivity index is 2.94. The Morgan fingerprint density at radius 1 is 0.846 bits per heavy atom. The van der Waals surface area contributed by atoms with Gasteiger partial charge in [0, 0.05) is 10.7 Å². The van der Waals surface area contributed by atoms with E-state index in [-0.39, 0.29) is 0 Å². The summed E-state index contributed by atoms with van der Waals surface area (Å²) in [5.41, 5.74) is 0. The van der Waals surface area contributed by atoms with E-state index < -0.39 is 0 Å². The number of rotatable bonds is 0. The first kappa shape index (κ1) is 10.4. The van der Waals surface area contributed by atoms with E-state index in [4.69, 9.17) is 0 Å². The maximum Gasteiger partial charge on any atom is 0.0403 e. The van der Waals surface area contributed by atoms with Crippen molar-refractivity contribution in [3.05, 3.63) is 41.0 Å². The molecule has 0 bridgehead atoms. The molecule has 3 heteroatoms. The minimum atomic E-state index is 1.33. The quantitative estimate of drug-likeness (QED) is 0.361. The smallest absolute Gasteiger partial charge is 0.0403 e. The lowest BCUT2D eigenvalue weighted by atomic mass is 10.1. The number of fused-ring (bicyclic) bond motifs is 1. The average molecular weight is 506 g/mol. The second kappa shape index (κ2) is 4.18. The molecule has 66 valence electrons. The van der Waals surface area contributed by atoms with Gasteiger partial charge in [-0.25, -0.2) is 0 Å². The standard InChI is InChI=1S/C10H5I3/c11-8-5-6-3-1-2-4-7(6)9(12)10(8)13/h1-5H. The lowest BCUT2D eigenvalue weighted by molar-refractivity contribution is 1.59. The molecule has 0 radical (unpaired) electrons. The summed E-state index contributed by atoms with van der Waals surface area (Å²) in [5, 5.41) is 2.68. The summed E-state index contributed by atoms with van der Waals surface area (Å²) in [6, 6.07) is 10.7. The molecule has 0 atom stereocenters. The fraction of sp³-hybridized carbons (Fsp3) is 0. The summed E-state index contributed by atoms with van der Waals surface area (Å²) in [4.78, 5) is 0. The molecule has 0 aliphatic heterocycles. The molecule has 0 N–H and O–H groups in total. The molecule has 0 amide bonds. The van der Waals surface area contributed by atoms with Gasteiger partial charge in [-0.2, -0.15) is 0 Å². The van der Waals surface area contributed by atoms with Gasteiger partial charge in [0.05, 0.1) is 0 Å². The first-order valence-electron chi connectivity index (χ1n) is 3.72. The van der Waals surface area contributed by atoms with Crippen molar-refractivity contribution in [1.29, 1.82) is 0 Å². The molecule has 2 rings (SSSR count). The lowest BCUT2D eigenvalue weighted by Crippen LogP contribution is -1.87. The Morgan fingerprint density at radius 2 is 1.54 bits per heavy atom. The first-order chi connectivity index (χ1) is 6.20. The molecule has 0 spiro atoms. The van der Waals surface area contributed by atoms with Crippen LogP contribution in [0.3, 0.4) is 0 Å². The maximum atomic E-state index is 2.42. The lowest BCUT2D eigenvalue weighted by Gasteiger charge is -2.04. The Kier molecular flexibility index (Phi) is 3.34. The summed E-state index contributed by atoms with van der Waals surface area (Å²) >= 11 is 7.20. The van der Waals surface area contributed by atoms with E-state index in [0.717, 1.165) is 0 Å². The van der Waals surface area contributed by atoms with Crippen molar-refractivity contribution < 1.29 is 0 Å². The van der Waals surface area contributed by atoms with Gasteiger partial charge < -0.3 is 0 Å². The minimum absolute atomic E-state index is 1.33. The Morgan fingerprint density at radius 3 is 2.31 bits per heavy atom. The van der Waals surface area contributed by atoms with Crippen LogP contribution in [0.15, 0.2) is 30.3 Å². The topological polar surface area (TPSA) is 0 Å². The predicted molar refractivity (Wildman–Crippen MR) is 82.1 cm³/mol. The number of hydrogen-bond acceptors (Lipinski definition) is 0. The van der Waals surface area contributed by atoms with Crippen LogP contribution in [0.4, 0.5) is 0 Å². The van der Waals surface area contributed by atoms with Gasteiger partial charge >= 0.3 is 0 Å². The molecule has 0 aromatic heterocycles. The Labute approximate surface area is 118 Å². The minimum Gasteiger partial charge on any atom is -0.0616 e. The molecule has 2 aromatic carbocycles. The highest BCUT2D eigenvalue weighted by Gasteiger charge is 2.05. The highest BCUT2D eigenvalue weighted by atomic mass is 127. The molecule has 0 unspecified atom stereocenters. The second-order valence-electron chi connectivity index (χ2n) is 2.71. The van der Waals surface area contributed by atoms with Crippen LogP contribution >= 0.6 is 67.8 Å². The zero-order valence-electron chi connectivity index (χ0n) is 6.52. The fourth-order valence-electron chi connectivity index (χ4n) is 1.25. The summed E-state index contributed by atoms with van der Waals surface area (Å²) in [6.45, 7) is 0. The second-order valence-corrected chi connectivity index (χ2v) is 6.03.